The zero-order valence-electron chi connectivity index (χ0n) is 9.22. The summed E-state index contributed by atoms with van der Waals surface area (Å²) in [5.41, 5.74) is 5.17. The fourth-order valence-corrected chi connectivity index (χ4v) is 1.69. The Labute approximate surface area is 102 Å². The Morgan fingerprint density at radius 2 is 2.28 bits per heavy atom. The molecule has 1 saturated heterocycles. The Morgan fingerprint density at radius 3 is 2.78 bits per heavy atom. The molecule has 100 valence electrons. The van der Waals surface area contributed by atoms with E-state index in [1.807, 2.05) is 0 Å². The molecule has 9 nitrogen and oxygen atoms in total. The van der Waals surface area contributed by atoms with Crippen LogP contribution >= 0.6 is 0 Å². The van der Waals surface area contributed by atoms with E-state index in [1.165, 1.54) is 12.4 Å². The standard InChI is InChI=1S/C9H14N4O5/c10-6(16)5-3(14)4(15)9(18-5)13-8(17)7-11-1-2-12-7/h1-6,9,14-16H,10H2,(H,11,12)(H,13,17)/t3-,4+,5-,6?,9+/m0/s1. The van der Waals surface area contributed by atoms with Crippen LogP contribution in [-0.4, -0.2) is 62.0 Å². The van der Waals surface area contributed by atoms with Crippen molar-refractivity contribution in [2.45, 2.75) is 30.8 Å². The van der Waals surface area contributed by atoms with Gasteiger partial charge in [0.1, 0.15) is 24.5 Å². The van der Waals surface area contributed by atoms with E-state index in [0.29, 0.717) is 0 Å². The maximum absolute atomic E-state index is 11.6. The lowest BCUT2D eigenvalue weighted by Crippen LogP contribution is -2.44. The molecular formula is C9H14N4O5. The number of hydrogen-bond acceptors (Lipinski definition) is 7. The first-order chi connectivity index (χ1) is 8.50. The van der Waals surface area contributed by atoms with Crippen LogP contribution in [0.5, 0.6) is 0 Å². The van der Waals surface area contributed by atoms with Gasteiger partial charge in [-0.2, -0.15) is 0 Å². The highest BCUT2D eigenvalue weighted by Crippen LogP contribution is 2.21. The van der Waals surface area contributed by atoms with Crippen LogP contribution in [0.15, 0.2) is 12.4 Å². The van der Waals surface area contributed by atoms with Crippen molar-refractivity contribution in [3.63, 3.8) is 0 Å². The molecule has 9 heteroatoms. The van der Waals surface area contributed by atoms with Gasteiger partial charge in [0, 0.05) is 12.4 Å². The highest BCUT2D eigenvalue weighted by Gasteiger charge is 2.45. The van der Waals surface area contributed by atoms with E-state index in [4.69, 9.17) is 15.6 Å². The molecule has 1 amide bonds. The van der Waals surface area contributed by atoms with E-state index in [9.17, 15) is 15.0 Å². The molecule has 1 aromatic heterocycles. The molecule has 2 heterocycles. The van der Waals surface area contributed by atoms with E-state index in [0.717, 1.165) is 0 Å². The molecule has 1 aliphatic rings. The van der Waals surface area contributed by atoms with Crippen molar-refractivity contribution in [1.29, 1.82) is 0 Å². The Balaban J connectivity index is 2.00. The van der Waals surface area contributed by atoms with Crippen LogP contribution in [0.4, 0.5) is 0 Å². The lowest BCUT2D eigenvalue weighted by atomic mass is 10.1. The highest BCUT2D eigenvalue weighted by molar-refractivity contribution is 5.90. The van der Waals surface area contributed by atoms with Gasteiger partial charge in [-0.3, -0.25) is 4.79 Å². The lowest BCUT2D eigenvalue weighted by molar-refractivity contribution is -0.0673. The smallest absolute Gasteiger partial charge is 0.289 e. The van der Waals surface area contributed by atoms with Gasteiger partial charge in [0.15, 0.2) is 12.1 Å². The summed E-state index contributed by atoms with van der Waals surface area (Å²) in [7, 11) is 0. The van der Waals surface area contributed by atoms with Crippen LogP contribution in [0.2, 0.25) is 0 Å². The summed E-state index contributed by atoms with van der Waals surface area (Å²) < 4.78 is 5.07. The van der Waals surface area contributed by atoms with Crippen molar-refractivity contribution in [3.8, 4) is 0 Å². The SMILES string of the molecule is NC(O)[C@H]1O[C@@H](NC(=O)c2ncc[nH]2)[C@H](O)[C@@H]1O. The number of nitrogens with one attached hydrogen (secondary N) is 2. The molecule has 0 radical (unpaired) electrons. The third kappa shape index (κ3) is 2.35. The van der Waals surface area contributed by atoms with Gasteiger partial charge in [-0.05, 0) is 0 Å². The molecule has 7 N–H and O–H groups in total. The van der Waals surface area contributed by atoms with Crippen molar-refractivity contribution in [3.05, 3.63) is 18.2 Å². The van der Waals surface area contributed by atoms with Gasteiger partial charge in [0.2, 0.25) is 0 Å². The second-order valence-corrected chi connectivity index (χ2v) is 3.90. The van der Waals surface area contributed by atoms with Gasteiger partial charge >= 0.3 is 0 Å². The average molecular weight is 258 g/mol. The monoisotopic (exact) mass is 258 g/mol. The van der Waals surface area contributed by atoms with E-state index < -0.39 is 36.7 Å². The van der Waals surface area contributed by atoms with E-state index in [-0.39, 0.29) is 5.82 Å². The number of nitrogens with two attached hydrogens (primary N) is 1. The van der Waals surface area contributed by atoms with Gasteiger partial charge in [-0.25, -0.2) is 4.98 Å². The summed E-state index contributed by atoms with van der Waals surface area (Å²) in [5.74, 6) is -0.569. The molecule has 5 atom stereocenters. The number of aromatic nitrogens is 2. The fourth-order valence-electron chi connectivity index (χ4n) is 1.69. The second-order valence-electron chi connectivity index (χ2n) is 3.90. The molecule has 1 fully saturated rings. The van der Waals surface area contributed by atoms with Crippen LogP contribution in [0.1, 0.15) is 10.6 Å². The van der Waals surface area contributed by atoms with Crippen LogP contribution in [-0.2, 0) is 4.74 Å². The van der Waals surface area contributed by atoms with Crippen molar-refractivity contribution >= 4 is 5.91 Å². The number of aliphatic hydroxyl groups is 3. The first-order valence-corrected chi connectivity index (χ1v) is 5.26. The molecule has 0 aliphatic carbocycles. The fraction of sp³-hybridized carbons (Fsp3) is 0.556. The molecule has 18 heavy (non-hydrogen) atoms. The van der Waals surface area contributed by atoms with Gasteiger partial charge in [0.05, 0.1) is 0 Å². The Morgan fingerprint density at radius 1 is 1.56 bits per heavy atom. The zero-order valence-corrected chi connectivity index (χ0v) is 9.22. The summed E-state index contributed by atoms with van der Waals surface area (Å²) in [6.45, 7) is 0. The molecule has 1 unspecified atom stereocenters. The summed E-state index contributed by atoms with van der Waals surface area (Å²) in [5, 5.41) is 30.6. The molecule has 1 aromatic rings. The van der Waals surface area contributed by atoms with E-state index in [1.54, 1.807) is 0 Å². The Bertz CT molecular complexity index is 409. The third-order valence-electron chi connectivity index (χ3n) is 2.62. The normalized spacial score (nSPS) is 33.3. The number of aliphatic hydroxyl groups excluding tert-OH is 3. The van der Waals surface area contributed by atoms with Gasteiger partial charge in [0.25, 0.3) is 5.91 Å². The Kier molecular flexibility index (Phi) is 3.59. The predicted molar refractivity (Wildman–Crippen MR) is 56.9 cm³/mol. The first kappa shape index (κ1) is 12.9. The van der Waals surface area contributed by atoms with Crippen molar-refractivity contribution in [1.82, 2.24) is 15.3 Å². The minimum Gasteiger partial charge on any atom is -0.387 e. The van der Waals surface area contributed by atoms with Crippen molar-refractivity contribution in [2.24, 2.45) is 5.73 Å². The lowest BCUT2D eigenvalue weighted by Gasteiger charge is -2.16. The van der Waals surface area contributed by atoms with Crippen LogP contribution in [0.25, 0.3) is 0 Å². The second kappa shape index (κ2) is 5.00. The van der Waals surface area contributed by atoms with Gasteiger partial charge in [-0.15, -0.1) is 0 Å². The molecule has 1 aliphatic heterocycles. The minimum atomic E-state index is -1.46. The number of amides is 1. The Hall–Kier alpha value is -1.52. The van der Waals surface area contributed by atoms with Gasteiger partial charge < -0.3 is 36.1 Å². The third-order valence-corrected chi connectivity index (χ3v) is 2.62. The maximum atomic E-state index is 11.6. The number of carbonyl (C=O) groups is 1. The van der Waals surface area contributed by atoms with Crippen molar-refractivity contribution in [2.75, 3.05) is 0 Å². The van der Waals surface area contributed by atoms with Crippen LogP contribution < -0.4 is 11.1 Å². The molecule has 0 saturated carbocycles. The van der Waals surface area contributed by atoms with Crippen LogP contribution in [0, 0.1) is 0 Å². The van der Waals surface area contributed by atoms with E-state index in [2.05, 4.69) is 15.3 Å². The zero-order chi connectivity index (χ0) is 13.3. The number of ether oxygens (including phenoxy) is 1. The average Bonchev–Trinajstić information content (AvgIpc) is 2.92. The molecule has 2 rings (SSSR count). The number of aromatic amines is 1. The number of H-pyrrole nitrogens is 1. The number of carbonyl (C=O) groups excluding carboxylic acids is 1. The quantitative estimate of drug-likeness (QED) is 0.313. The molecule has 0 bridgehead atoms. The van der Waals surface area contributed by atoms with E-state index >= 15 is 0 Å². The predicted octanol–water partition coefficient (Wildman–Crippen LogP) is -3.14. The van der Waals surface area contributed by atoms with Crippen molar-refractivity contribution < 1.29 is 24.9 Å². The number of hydrogen-bond donors (Lipinski definition) is 6. The summed E-state index contributed by atoms with van der Waals surface area (Å²) in [6, 6.07) is 0. The maximum Gasteiger partial charge on any atom is 0.289 e. The molecule has 0 spiro atoms. The molecular weight excluding hydrogens is 244 g/mol. The minimum absolute atomic E-state index is 0.0389. The first-order valence-electron chi connectivity index (χ1n) is 5.26. The summed E-state index contributed by atoms with van der Waals surface area (Å²) in [4.78, 5) is 17.9. The van der Waals surface area contributed by atoms with Gasteiger partial charge in [-0.1, -0.05) is 0 Å². The molecule has 0 aromatic carbocycles. The number of imidazole rings is 1. The summed E-state index contributed by atoms with van der Waals surface area (Å²) >= 11 is 0. The number of nitrogens with zero attached hydrogens (tertiary/aromatic N) is 1. The largest absolute Gasteiger partial charge is 0.387 e. The highest BCUT2D eigenvalue weighted by atomic mass is 16.6. The van der Waals surface area contributed by atoms with Crippen LogP contribution in [0.3, 0.4) is 0 Å². The number of rotatable bonds is 3. The summed E-state index contributed by atoms with van der Waals surface area (Å²) in [6.07, 6.45) is -3.70. The topological polar surface area (TPSA) is 154 Å².